The third kappa shape index (κ3) is 5.13. The molecule has 7 heteroatoms. The number of rotatable bonds is 6. The molecule has 0 atom stereocenters. The summed E-state index contributed by atoms with van der Waals surface area (Å²) in [6.07, 6.45) is 1.20. The van der Waals surface area contributed by atoms with Crippen LogP contribution in [0.25, 0.3) is 0 Å². The van der Waals surface area contributed by atoms with Crippen molar-refractivity contribution in [2.75, 3.05) is 25.5 Å². The predicted molar refractivity (Wildman–Crippen MR) is 86.5 cm³/mol. The summed E-state index contributed by atoms with van der Waals surface area (Å²) in [4.78, 5) is 25.0. The summed E-state index contributed by atoms with van der Waals surface area (Å²) in [6.45, 7) is 3.65. The maximum atomic E-state index is 12.3. The van der Waals surface area contributed by atoms with Crippen molar-refractivity contribution in [3.05, 3.63) is 35.5 Å². The summed E-state index contributed by atoms with van der Waals surface area (Å²) >= 11 is 0. The van der Waals surface area contributed by atoms with Gasteiger partial charge < -0.3 is 20.7 Å². The van der Waals surface area contributed by atoms with Gasteiger partial charge in [0.15, 0.2) is 0 Å². The first-order valence-electron chi connectivity index (χ1n) is 6.98. The van der Waals surface area contributed by atoms with Gasteiger partial charge in [-0.2, -0.15) is 5.26 Å². The molecule has 1 rings (SSSR count). The monoisotopic (exact) mass is 316 g/mol. The largest absolute Gasteiger partial charge is 0.495 e. The van der Waals surface area contributed by atoms with Gasteiger partial charge in [-0.1, -0.05) is 6.07 Å². The molecule has 0 saturated heterocycles. The molecule has 122 valence electrons. The van der Waals surface area contributed by atoms with Crippen LogP contribution in [0.2, 0.25) is 0 Å². The first-order valence-corrected chi connectivity index (χ1v) is 6.98. The fraction of sp³-hybridized carbons (Fsp3) is 0.312. The van der Waals surface area contributed by atoms with Gasteiger partial charge in [-0.3, -0.25) is 9.59 Å². The SMILES string of the molecule is COc1ccc(C)cc1NC(=O)/C(C#N)=C\N(CCN)C(C)=O. The standard InChI is InChI=1S/C16H20N4O3/c1-11-4-5-15(23-3)14(8-11)19-16(22)13(9-18)10-20(7-6-17)12(2)21/h4-5,8,10H,6-7,17H2,1-3H3,(H,19,22)/b13-10-. The molecule has 0 aliphatic carbocycles. The van der Waals surface area contributed by atoms with Gasteiger partial charge in [0.05, 0.1) is 12.8 Å². The number of carbonyl (C=O) groups is 2. The van der Waals surface area contributed by atoms with Crippen LogP contribution in [0, 0.1) is 18.3 Å². The molecule has 23 heavy (non-hydrogen) atoms. The lowest BCUT2D eigenvalue weighted by molar-refractivity contribution is -0.126. The van der Waals surface area contributed by atoms with Crippen LogP contribution in [-0.4, -0.2) is 36.9 Å². The average Bonchev–Trinajstić information content (AvgIpc) is 2.51. The zero-order valence-corrected chi connectivity index (χ0v) is 13.4. The summed E-state index contributed by atoms with van der Waals surface area (Å²) < 4.78 is 5.17. The van der Waals surface area contributed by atoms with Crippen LogP contribution in [-0.2, 0) is 9.59 Å². The highest BCUT2D eigenvalue weighted by atomic mass is 16.5. The number of anilines is 1. The molecule has 1 aromatic rings. The van der Waals surface area contributed by atoms with Gasteiger partial charge in [0, 0.05) is 26.2 Å². The van der Waals surface area contributed by atoms with Crippen molar-refractivity contribution in [3.8, 4) is 11.8 Å². The van der Waals surface area contributed by atoms with E-state index in [4.69, 9.17) is 10.5 Å². The van der Waals surface area contributed by atoms with Crippen molar-refractivity contribution < 1.29 is 14.3 Å². The quantitative estimate of drug-likeness (QED) is 0.604. The Balaban J connectivity index is 3.04. The van der Waals surface area contributed by atoms with Gasteiger partial charge in [0.25, 0.3) is 5.91 Å². The Kier molecular flexibility index (Phi) is 6.77. The van der Waals surface area contributed by atoms with Crippen molar-refractivity contribution in [1.29, 1.82) is 5.26 Å². The Morgan fingerprint density at radius 2 is 2.17 bits per heavy atom. The summed E-state index contributed by atoms with van der Waals surface area (Å²) in [6, 6.07) is 7.08. The van der Waals surface area contributed by atoms with E-state index in [0.29, 0.717) is 11.4 Å². The van der Waals surface area contributed by atoms with Crippen LogP contribution >= 0.6 is 0 Å². The van der Waals surface area contributed by atoms with Crippen molar-refractivity contribution in [2.24, 2.45) is 5.73 Å². The van der Waals surface area contributed by atoms with Crippen molar-refractivity contribution >= 4 is 17.5 Å². The van der Waals surface area contributed by atoms with Crippen LogP contribution in [0.5, 0.6) is 5.75 Å². The number of nitrogens with zero attached hydrogens (tertiary/aromatic N) is 2. The maximum Gasteiger partial charge on any atom is 0.267 e. The summed E-state index contributed by atoms with van der Waals surface area (Å²) in [5.74, 6) is -0.449. The molecule has 0 bridgehead atoms. The molecule has 0 spiro atoms. The van der Waals surface area contributed by atoms with Crippen LogP contribution in [0.4, 0.5) is 5.69 Å². The number of carbonyl (C=O) groups excluding carboxylic acids is 2. The summed E-state index contributed by atoms with van der Waals surface area (Å²) in [5.41, 5.74) is 6.60. The molecule has 2 amide bonds. The number of hydrogen-bond acceptors (Lipinski definition) is 5. The number of ether oxygens (including phenoxy) is 1. The van der Waals surface area contributed by atoms with Gasteiger partial charge in [0.1, 0.15) is 17.4 Å². The number of methoxy groups -OCH3 is 1. The topological polar surface area (TPSA) is 108 Å². The molecule has 0 radical (unpaired) electrons. The Bertz CT molecular complexity index is 662. The van der Waals surface area contributed by atoms with Crippen molar-refractivity contribution in [3.63, 3.8) is 0 Å². The molecular weight excluding hydrogens is 296 g/mol. The molecule has 3 N–H and O–H groups in total. The van der Waals surface area contributed by atoms with Gasteiger partial charge in [-0.05, 0) is 24.6 Å². The molecule has 0 aliphatic heterocycles. The number of amides is 2. The molecule has 0 saturated carbocycles. The molecule has 0 unspecified atom stereocenters. The number of benzene rings is 1. The highest BCUT2D eigenvalue weighted by molar-refractivity contribution is 6.07. The minimum Gasteiger partial charge on any atom is -0.495 e. The molecule has 0 fully saturated rings. The van der Waals surface area contributed by atoms with E-state index in [1.165, 1.54) is 25.1 Å². The van der Waals surface area contributed by atoms with E-state index in [1.54, 1.807) is 18.2 Å². The predicted octanol–water partition coefficient (Wildman–Crippen LogP) is 1.16. The van der Waals surface area contributed by atoms with Gasteiger partial charge in [-0.15, -0.1) is 0 Å². The fourth-order valence-corrected chi connectivity index (χ4v) is 1.86. The van der Waals surface area contributed by atoms with E-state index >= 15 is 0 Å². The number of nitrogens with one attached hydrogen (secondary N) is 1. The summed E-state index contributed by atoms with van der Waals surface area (Å²) in [7, 11) is 1.49. The van der Waals surface area contributed by atoms with E-state index in [9.17, 15) is 14.9 Å². The lowest BCUT2D eigenvalue weighted by atomic mass is 10.2. The number of nitriles is 1. The molecule has 0 aromatic heterocycles. The minimum absolute atomic E-state index is 0.197. The number of nitrogens with two attached hydrogens (primary N) is 1. The number of hydrogen-bond donors (Lipinski definition) is 2. The zero-order chi connectivity index (χ0) is 17.4. The van der Waals surface area contributed by atoms with E-state index < -0.39 is 5.91 Å². The second kappa shape index (κ2) is 8.56. The first-order chi connectivity index (χ1) is 10.9. The summed E-state index contributed by atoms with van der Waals surface area (Å²) in [5, 5.41) is 11.8. The Morgan fingerprint density at radius 3 is 2.70 bits per heavy atom. The highest BCUT2D eigenvalue weighted by Crippen LogP contribution is 2.25. The van der Waals surface area contributed by atoms with E-state index in [1.807, 2.05) is 13.0 Å². The van der Waals surface area contributed by atoms with Crippen molar-refractivity contribution in [1.82, 2.24) is 4.90 Å². The van der Waals surface area contributed by atoms with Gasteiger partial charge in [-0.25, -0.2) is 0 Å². The Morgan fingerprint density at radius 1 is 1.48 bits per heavy atom. The van der Waals surface area contributed by atoms with E-state index in [0.717, 1.165) is 5.56 Å². The zero-order valence-electron chi connectivity index (χ0n) is 13.4. The molecule has 0 heterocycles. The second-order valence-electron chi connectivity index (χ2n) is 4.81. The number of aryl methyl sites for hydroxylation is 1. The third-order valence-corrected chi connectivity index (χ3v) is 3.03. The Labute approximate surface area is 135 Å². The van der Waals surface area contributed by atoms with Crippen molar-refractivity contribution in [2.45, 2.75) is 13.8 Å². The average molecular weight is 316 g/mol. The normalized spacial score (nSPS) is 10.7. The van der Waals surface area contributed by atoms with E-state index in [-0.39, 0.29) is 24.6 Å². The highest BCUT2D eigenvalue weighted by Gasteiger charge is 2.15. The lowest BCUT2D eigenvalue weighted by Gasteiger charge is -2.16. The molecule has 1 aromatic carbocycles. The smallest absolute Gasteiger partial charge is 0.267 e. The van der Waals surface area contributed by atoms with Crippen LogP contribution in [0.1, 0.15) is 12.5 Å². The first kappa shape index (κ1) is 18.2. The molecule has 7 nitrogen and oxygen atoms in total. The van der Waals surface area contributed by atoms with Gasteiger partial charge in [0.2, 0.25) is 5.91 Å². The molecule has 0 aliphatic rings. The van der Waals surface area contributed by atoms with Crippen LogP contribution in [0.3, 0.4) is 0 Å². The second-order valence-corrected chi connectivity index (χ2v) is 4.81. The maximum absolute atomic E-state index is 12.3. The molecular formula is C16H20N4O3. The lowest BCUT2D eigenvalue weighted by Crippen LogP contribution is -2.30. The van der Waals surface area contributed by atoms with Crippen LogP contribution < -0.4 is 15.8 Å². The van der Waals surface area contributed by atoms with Gasteiger partial charge >= 0.3 is 0 Å². The minimum atomic E-state index is -0.625. The van der Waals surface area contributed by atoms with E-state index in [2.05, 4.69) is 5.32 Å². The fourth-order valence-electron chi connectivity index (χ4n) is 1.86. The Hall–Kier alpha value is -2.85. The third-order valence-electron chi connectivity index (χ3n) is 3.03. The van der Waals surface area contributed by atoms with Crippen LogP contribution in [0.15, 0.2) is 30.0 Å².